The lowest BCUT2D eigenvalue weighted by molar-refractivity contribution is 0.0684. The summed E-state index contributed by atoms with van der Waals surface area (Å²) in [6.07, 6.45) is 6.11. The summed E-state index contributed by atoms with van der Waals surface area (Å²) < 4.78 is 12.8. The number of nitrogens with one attached hydrogen (secondary N) is 1. The van der Waals surface area contributed by atoms with E-state index in [4.69, 9.17) is 21.1 Å². The van der Waals surface area contributed by atoms with Crippen molar-refractivity contribution < 1.29 is 19.1 Å². The van der Waals surface area contributed by atoms with E-state index in [9.17, 15) is 9.59 Å². The SMILES string of the molecule is C=C(/C=C(Cl)\C(=C/C)OC)[C@@H](CC)NC(=O)c1cc(C(=O)N2CCC[C@@H]2C)n2c1COCC2. The number of rotatable bonds is 8. The number of nitrogens with zero attached hydrogens (tertiary/aromatic N) is 2. The molecule has 1 aromatic heterocycles. The van der Waals surface area contributed by atoms with Crippen LogP contribution in [0, 0.1) is 0 Å². The number of methoxy groups -OCH3 is 1. The lowest BCUT2D eigenvalue weighted by Crippen LogP contribution is -2.36. The van der Waals surface area contributed by atoms with Crippen molar-refractivity contribution in [2.45, 2.75) is 65.3 Å². The number of likely N-dealkylation sites (tertiary alicyclic amines) is 1. The molecular formula is C25H34ClN3O4. The van der Waals surface area contributed by atoms with Crippen molar-refractivity contribution in [2.24, 2.45) is 0 Å². The van der Waals surface area contributed by atoms with Gasteiger partial charge in [-0.25, -0.2) is 0 Å². The minimum absolute atomic E-state index is 0.0215. The Balaban J connectivity index is 1.84. The first-order chi connectivity index (χ1) is 15.8. The molecule has 8 heteroatoms. The lowest BCUT2D eigenvalue weighted by atomic mass is 10.0. The Kier molecular flexibility index (Phi) is 8.43. The van der Waals surface area contributed by atoms with Gasteiger partial charge in [-0.15, -0.1) is 0 Å². The van der Waals surface area contributed by atoms with Crippen LogP contribution in [-0.4, -0.2) is 53.6 Å². The average molecular weight is 476 g/mol. The second-order valence-corrected chi connectivity index (χ2v) is 8.85. The van der Waals surface area contributed by atoms with Crippen molar-refractivity contribution in [1.29, 1.82) is 0 Å². The fourth-order valence-electron chi connectivity index (χ4n) is 4.46. The summed E-state index contributed by atoms with van der Waals surface area (Å²) in [6.45, 7) is 12.1. The molecule has 1 fully saturated rings. The number of fused-ring (bicyclic) bond motifs is 1. The Morgan fingerprint density at radius 3 is 2.79 bits per heavy atom. The first-order valence-electron chi connectivity index (χ1n) is 11.5. The number of allylic oxidation sites excluding steroid dienone is 2. The Hall–Kier alpha value is -2.51. The monoisotopic (exact) mass is 475 g/mol. The summed E-state index contributed by atoms with van der Waals surface area (Å²) >= 11 is 6.34. The predicted molar refractivity (Wildman–Crippen MR) is 129 cm³/mol. The molecule has 3 heterocycles. The maximum atomic E-state index is 13.3. The predicted octanol–water partition coefficient (Wildman–Crippen LogP) is 4.38. The molecule has 33 heavy (non-hydrogen) atoms. The van der Waals surface area contributed by atoms with Gasteiger partial charge in [0.15, 0.2) is 0 Å². The lowest BCUT2D eigenvalue weighted by Gasteiger charge is -2.24. The first-order valence-corrected chi connectivity index (χ1v) is 11.9. The van der Waals surface area contributed by atoms with Gasteiger partial charge in [0.05, 0.1) is 42.7 Å². The van der Waals surface area contributed by atoms with E-state index in [0.29, 0.717) is 53.8 Å². The molecule has 0 aliphatic carbocycles. The minimum atomic E-state index is -0.320. The smallest absolute Gasteiger partial charge is 0.270 e. The molecule has 0 saturated carbocycles. The molecule has 1 N–H and O–H groups in total. The van der Waals surface area contributed by atoms with Gasteiger partial charge in [-0.05, 0) is 56.9 Å². The molecule has 0 radical (unpaired) electrons. The van der Waals surface area contributed by atoms with Gasteiger partial charge >= 0.3 is 0 Å². The molecule has 3 rings (SSSR count). The molecule has 1 saturated heterocycles. The van der Waals surface area contributed by atoms with Crippen molar-refractivity contribution in [3.8, 4) is 0 Å². The van der Waals surface area contributed by atoms with Gasteiger partial charge in [0.25, 0.3) is 11.8 Å². The van der Waals surface area contributed by atoms with E-state index in [2.05, 4.69) is 18.8 Å². The van der Waals surface area contributed by atoms with E-state index in [-0.39, 0.29) is 23.9 Å². The Morgan fingerprint density at radius 2 is 2.18 bits per heavy atom. The van der Waals surface area contributed by atoms with Crippen molar-refractivity contribution in [1.82, 2.24) is 14.8 Å². The van der Waals surface area contributed by atoms with E-state index in [1.807, 2.05) is 23.3 Å². The van der Waals surface area contributed by atoms with Crippen LogP contribution >= 0.6 is 11.6 Å². The molecule has 2 amide bonds. The number of aromatic nitrogens is 1. The molecule has 0 bridgehead atoms. The highest BCUT2D eigenvalue weighted by atomic mass is 35.5. The van der Waals surface area contributed by atoms with Gasteiger partial charge < -0.3 is 24.3 Å². The topological polar surface area (TPSA) is 72.8 Å². The molecule has 1 aromatic rings. The van der Waals surface area contributed by atoms with Crippen LogP contribution in [0.15, 0.2) is 41.2 Å². The number of halogens is 1. The van der Waals surface area contributed by atoms with Crippen LogP contribution in [0.25, 0.3) is 0 Å². The highest BCUT2D eigenvalue weighted by Crippen LogP contribution is 2.26. The second-order valence-electron chi connectivity index (χ2n) is 8.44. The normalized spacial score (nSPS) is 19.8. The van der Waals surface area contributed by atoms with Crippen LogP contribution in [-0.2, 0) is 22.6 Å². The van der Waals surface area contributed by atoms with Crippen LogP contribution in [0.1, 0.15) is 66.6 Å². The van der Waals surface area contributed by atoms with Gasteiger partial charge in [0.2, 0.25) is 0 Å². The van der Waals surface area contributed by atoms with Gasteiger partial charge in [0.1, 0.15) is 11.5 Å². The van der Waals surface area contributed by atoms with E-state index in [1.54, 1.807) is 25.3 Å². The summed E-state index contributed by atoms with van der Waals surface area (Å²) in [6, 6.07) is 1.60. The average Bonchev–Trinajstić information content (AvgIpc) is 3.41. The standard InChI is InChI=1S/C25H34ClN3O4/c1-6-20(16(3)13-19(26)23(7-2)32-5)27-24(30)18-14-21(29-11-12-33-15-22(18)29)25(31)28-10-8-9-17(28)4/h7,13-14,17,20H,3,6,8-12,15H2,1-2,4-5H3,(H,27,30)/b19-13+,23-7+/t17-,20+/m0/s1. The second kappa shape index (κ2) is 11.1. The Labute approximate surface area is 201 Å². The summed E-state index contributed by atoms with van der Waals surface area (Å²) in [5.74, 6) is 0.261. The quantitative estimate of drug-likeness (QED) is 0.447. The highest BCUT2D eigenvalue weighted by Gasteiger charge is 2.32. The van der Waals surface area contributed by atoms with Crippen molar-refractivity contribution in [3.05, 3.63) is 58.1 Å². The van der Waals surface area contributed by atoms with Crippen LogP contribution in [0.2, 0.25) is 0 Å². The number of hydrogen-bond donors (Lipinski definition) is 1. The van der Waals surface area contributed by atoms with Crippen molar-refractivity contribution in [2.75, 3.05) is 20.3 Å². The number of amides is 2. The van der Waals surface area contributed by atoms with E-state index >= 15 is 0 Å². The fraction of sp³-hybridized carbons (Fsp3) is 0.520. The molecule has 7 nitrogen and oxygen atoms in total. The molecule has 0 aromatic carbocycles. The van der Waals surface area contributed by atoms with Crippen LogP contribution in [0.5, 0.6) is 0 Å². The van der Waals surface area contributed by atoms with Gasteiger partial charge in [-0.2, -0.15) is 0 Å². The van der Waals surface area contributed by atoms with Crippen LogP contribution in [0.3, 0.4) is 0 Å². The maximum Gasteiger partial charge on any atom is 0.270 e. The molecule has 2 aliphatic heterocycles. The van der Waals surface area contributed by atoms with E-state index in [0.717, 1.165) is 25.1 Å². The van der Waals surface area contributed by atoms with E-state index < -0.39 is 0 Å². The zero-order chi connectivity index (χ0) is 24.1. The molecular weight excluding hydrogens is 442 g/mol. The van der Waals surface area contributed by atoms with E-state index in [1.165, 1.54) is 0 Å². The molecule has 180 valence electrons. The van der Waals surface area contributed by atoms with Crippen LogP contribution in [0.4, 0.5) is 0 Å². The van der Waals surface area contributed by atoms with Crippen molar-refractivity contribution in [3.63, 3.8) is 0 Å². The third-order valence-corrected chi connectivity index (χ3v) is 6.67. The van der Waals surface area contributed by atoms with Gasteiger partial charge in [-0.1, -0.05) is 25.1 Å². The number of hydrogen-bond acceptors (Lipinski definition) is 4. The number of ether oxygens (including phenoxy) is 2. The maximum absolute atomic E-state index is 13.3. The first kappa shape index (κ1) is 25.1. The highest BCUT2D eigenvalue weighted by molar-refractivity contribution is 6.31. The minimum Gasteiger partial charge on any atom is -0.496 e. The number of carbonyl (C=O) groups is 2. The number of carbonyl (C=O) groups excluding carboxylic acids is 2. The third-order valence-electron chi connectivity index (χ3n) is 6.37. The zero-order valence-electron chi connectivity index (χ0n) is 19.9. The largest absolute Gasteiger partial charge is 0.496 e. The van der Waals surface area contributed by atoms with Gasteiger partial charge in [-0.3, -0.25) is 9.59 Å². The Bertz CT molecular complexity index is 979. The molecule has 2 atom stereocenters. The summed E-state index contributed by atoms with van der Waals surface area (Å²) in [5.41, 5.74) is 2.43. The van der Waals surface area contributed by atoms with Crippen LogP contribution < -0.4 is 5.32 Å². The third kappa shape index (κ3) is 5.36. The summed E-state index contributed by atoms with van der Waals surface area (Å²) in [5, 5.41) is 3.46. The summed E-state index contributed by atoms with van der Waals surface area (Å²) in [7, 11) is 1.55. The molecule has 0 unspecified atom stereocenters. The molecule has 0 spiro atoms. The Morgan fingerprint density at radius 1 is 1.42 bits per heavy atom. The van der Waals surface area contributed by atoms with Gasteiger partial charge in [0, 0.05) is 19.1 Å². The fourth-order valence-corrected chi connectivity index (χ4v) is 4.79. The molecule has 2 aliphatic rings. The zero-order valence-corrected chi connectivity index (χ0v) is 20.7. The van der Waals surface area contributed by atoms with Crippen molar-refractivity contribution >= 4 is 23.4 Å². The summed E-state index contributed by atoms with van der Waals surface area (Å²) in [4.78, 5) is 28.5.